The topological polar surface area (TPSA) is 26.0 Å². The molecule has 0 saturated heterocycles. The summed E-state index contributed by atoms with van der Waals surface area (Å²) in [6.07, 6.45) is 3.44. The summed E-state index contributed by atoms with van der Waals surface area (Å²) in [6, 6.07) is 13.0. The van der Waals surface area contributed by atoms with E-state index < -0.39 is 0 Å². The molecule has 0 heterocycles. The molecule has 0 spiro atoms. The fourth-order valence-electron chi connectivity index (χ4n) is 2.22. The van der Waals surface area contributed by atoms with E-state index >= 15 is 0 Å². The third kappa shape index (κ3) is 2.25. The average molecular weight is 213 g/mol. The zero-order valence-corrected chi connectivity index (χ0v) is 9.87. The minimum atomic E-state index is 0.795. The molecule has 0 fully saturated rings. The van der Waals surface area contributed by atoms with Gasteiger partial charge in [0.1, 0.15) is 0 Å². The van der Waals surface area contributed by atoms with Crippen molar-refractivity contribution in [2.75, 3.05) is 6.54 Å². The molecule has 0 aliphatic heterocycles. The van der Waals surface area contributed by atoms with Crippen LogP contribution in [0.3, 0.4) is 0 Å². The van der Waals surface area contributed by atoms with Crippen LogP contribution in [0.25, 0.3) is 10.8 Å². The first-order chi connectivity index (χ1) is 7.83. The summed E-state index contributed by atoms with van der Waals surface area (Å²) >= 11 is 0. The van der Waals surface area contributed by atoms with E-state index in [9.17, 15) is 0 Å². The number of rotatable bonds is 4. The van der Waals surface area contributed by atoms with Crippen LogP contribution >= 0.6 is 0 Å². The van der Waals surface area contributed by atoms with Gasteiger partial charge >= 0.3 is 0 Å². The van der Waals surface area contributed by atoms with Gasteiger partial charge in [-0.15, -0.1) is 0 Å². The molecule has 2 aromatic carbocycles. The van der Waals surface area contributed by atoms with Crippen molar-refractivity contribution >= 4 is 10.8 Å². The molecule has 84 valence electrons. The Kier molecular flexibility index (Phi) is 3.58. The van der Waals surface area contributed by atoms with Crippen LogP contribution in [0.1, 0.15) is 24.0 Å². The second-order valence-corrected chi connectivity index (χ2v) is 4.33. The fraction of sp³-hybridized carbons (Fsp3) is 0.333. The van der Waals surface area contributed by atoms with Gasteiger partial charge in [-0.25, -0.2) is 0 Å². The zero-order chi connectivity index (χ0) is 11.4. The van der Waals surface area contributed by atoms with E-state index in [1.165, 1.54) is 28.3 Å². The molecule has 0 amide bonds. The Hall–Kier alpha value is -1.34. The Morgan fingerprint density at radius 3 is 2.62 bits per heavy atom. The maximum atomic E-state index is 5.54. The van der Waals surface area contributed by atoms with Crippen LogP contribution in [0.5, 0.6) is 0 Å². The number of hydrogen-bond donors (Lipinski definition) is 1. The molecular formula is C15H19N. The van der Waals surface area contributed by atoms with E-state index in [4.69, 9.17) is 5.73 Å². The first-order valence-electron chi connectivity index (χ1n) is 6.00. The first-order valence-corrected chi connectivity index (χ1v) is 6.00. The Bertz CT molecular complexity index is 474. The van der Waals surface area contributed by atoms with Crippen molar-refractivity contribution in [3.05, 3.63) is 47.5 Å². The van der Waals surface area contributed by atoms with Crippen LogP contribution in [0.4, 0.5) is 0 Å². The molecule has 0 atom stereocenters. The van der Waals surface area contributed by atoms with Crippen molar-refractivity contribution < 1.29 is 0 Å². The van der Waals surface area contributed by atoms with Gasteiger partial charge in [0.05, 0.1) is 0 Å². The maximum absolute atomic E-state index is 5.54. The highest BCUT2D eigenvalue weighted by Gasteiger charge is 2.03. The molecule has 0 aliphatic carbocycles. The SMILES string of the molecule is Cc1ccc2ccccc2c1CCCCN. The van der Waals surface area contributed by atoms with Crippen molar-refractivity contribution in [1.29, 1.82) is 0 Å². The quantitative estimate of drug-likeness (QED) is 0.774. The van der Waals surface area contributed by atoms with Crippen molar-refractivity contribution in [3.8, 4) is 0 Å². The molecule has 2 rings (SSSR count). The molecule has 1 heteroatoms. The Labute approximate surface area is 97.3 Å². The lowest BCUT2D eigenvalue weighted by atomic mass is 9.96. The molecule has 0 bridgehead atoms. The Morgan fingerprint density at radius 1 is 1.00 bits per heavy atom. The van der Waals surface area contributed by atoms with E-state index in [0.29, 0.717) is 0 Å². The first kappa shape index (κ1) is 11.2. The average Bonchev–Trinajstić information content (AvgIpc) is 2.32. The van der Waals surface area contributed by atoms with Crippen molar-refractivity contribution in [2.45, 2.75) is 26.2 Å². The minimum Gasteiger partial charge on any atom is -0.330 e. The predicted molar refractivity (Wildman–Crippen MR) is 70.7 cm³/mol. The molecule has 1 nitrogen and oxygen atoms in total. The molecule has 0 aliphatic rings. The highest BCUT2D eigenvalue weighted by Crippen LogP contribution is 2.23. The highest BCUT2D eigenvalue weighted by molar-refractivity contribution is 5.86. The number of hydrogen-bond acceptors (Lipinski definition) is 1. The van der Waals surface area contributed by atoms with Crippen LogP contribution in [0.2, 0.25) is 0 Å². The van der Waals surface area contributed by atoms with Crippen LogP contribution < -0.4 is 5.73 Å². The molecule has 16 heavy (non-hydrogen) atoms. The number of benzene rings is 2. The molecule has 0 saturated carbocycles. The van der Waals surface area contributed by atoms with E-state index in [0.717, 1.165) is 19.4 Å². The number of nitrogens with two attached hydrogens (primary N) is 1. The summed E-state index contributed by atoms with van der Waals surface area (Å²) in [7, 11) is 0. The van der Waals surface area contributed by atoms with Crippen LogP contribution in [0, 0.1) is 6.92 Å². The van der Waals surface area contributed by atoms with E-state index in [1.54, 1.807) is 0 Å². The predicted octanol–water partition coefficient (Wildman–Crippen LogP) is 3.43. The maximum Gasteiger partial charge on any atom is -0.00772 e. The molecule has 0 radical (unpaired) electrons. The van der Waals surface area contributed by atoms with Crippen LogP contribution in [0.15, 0.2) is 36.4 Å². The summed E-state index contributed by atoms with van der Waals surface area (Å²) in [5, 5.41) is 2.75. The second kappa shape index (κ2) is 5.13. The van der Waals surface area contributed by atoms with E-state index in [2.05, 4.69) is 43.3 Å². The second-order valence-electron chi connectivity index (χ2n) is 4.33. The lowest BCUT2D eigenvalue weighted by Gasteiger charge is -2.09. The Balaban J connectivity index is 2.37. The summed E-state index contributed by atoms with van der Waals surface area (Å²) in [4.78, 5) is 0. The summed E-state index contributed by atoms with van der Waals surface area (Å²) in [5.74, 6) is 0. The van der Waals surface area contributed by atoms with Gasteiger partial charge in [-0.2, -0.15) is 0 Å². The number of fused-ring (bicyclic) bond motifs is 1. The van der Waals surface area contributed by atoms with Gasteiger partial charge in [0.25, 0.3) is 0 Å². The summed E-state index contributed by atoms with van der Waals surface area (Å²) in [5.41, 5.74) is 8.43. The van der Waals surface area contributed by atoms with Gasteiger partial charge in [0.15, 0.2) is 0 Å². The minimum absolute atomic E-state index is 0.795. The standard InChI is InChI=1S/C15H19N/c1-12-9-10-13-6-2-3-8-15(13)14(12)7-4-5-11-16/h2-3,6,8-10H,4-5,7,11,16H2,1H3. The number of aryl methyl sites for hydroxylation is 2. The van der Waals surface area contributed by atoms with Crippen LogP contribution in [-0.2, 0) is 6.42 Å². The van der Waals surface area contributed by atoms with Crippen molar-refractivity contribution in [2.24, 2.45) is 5.73 Å². The van der Waals surface area contributed by atoms with Crippen LogP contribution in [-0.4, -0.2) is 6.54 Å². The molecule has 2 N–H and O–H groups in total. The van der Waals surface area contributed by atoms with E-state index in [1.807, 2.05) is 0 Å². The summed E-state index contributed by atoms with van der Waals surface area (Å²) < 4.78 is 0. The van der Waals surface area contributed by atoms with Gasteiger partial charge in [0, 0.05) is 0 Å². The molecule has 0 unspecified atom stereocenters. The van der Waals surface area contributed by atoms with Crippen molar-refractivity contribution in [3.63, 3.8) is 0 Å². The van der Waals surface area contributed by atoms with Gasteiger partial charge in [-0.3, -0.25) is 0 Å². The molecular weight excluding hydrogens is 194 g/mol. The zero-order valence-electron chi connectivity index (χ0n) is 9.87. The van der Waals surface area contributed by atoms with Crippen molar-refractivity contribution in [1.82, 2.24) is 0 Å². The normalized spacial score (nSPS) is 10.9. The lowest BCUT2D eigenvalue weighted by Crippen LogP contribution is -2.00. The molecule has 0 aromatic heterocycles. The van der Waals surface area contributed by atoms with E-state index in [-0.39, 0.29) is 0 Å². The monoisotopic (exact) mass is 213 g/mol. The highest BCUT2D eigenvalue weighted by atomic mass is 14.5. The third-order valence-electron chi connectivity index (χ3n) is 3.16. The third-order valence-corrected chi connectivity index (χ3v) is 3.16. The van der Waals surface area contributed by atoms with Gasteiger partial charge in [-0.1, -0.05) is 36.4 Å². The largest absolute Gasteiger partial charge is 0.330 e. The smallest absolute Gasteiger partial charge is 0.00772 e. The van der Waals surface area contributed by atoms with Gasteiger partial charge in [-0.05, 0) is 54.6 Å². The summed E-state index contributed by atoms with van der Waals surface area (Å²) in [6.45, 7) is 2.99. The van der Waals surface area contributed by atoms with Gasteiger partial charge in [0.2, 0.25) is 0 Å². The lowest BCUT2D eigenvalue weighted by molar-refractivity contribution is 0.745. The van der Waals surface area contributed by atoms with Gasteiger partial charge < -0.3 is 5.73 Å². The number of unbranched alkanes of at least 4 members (excludes halogenated alkanes) is 1. The Morgan fingerprint density at radius 2 is 1.81 bits per heavy atom. The fourth-order valence-corrected chi connectivity index (χ4v) is 2.22. The molecule has 2 aromatic rings.